The molecular formula is C32H20Cl4N2O6S2. The molecule has 5 aromatic carbocycles. The lowest BCUT2D eigenvalue weighted by Gasteiger charge is -2.25. The molecule has 2 amide bonds. The number of carbonyl (C=O) groups is 2. The van der Waals surface area contributed by atoms with E-state index in [2.05, 4.69) is 0 Å². The molecule has 0 saturated heterocycles. The maximum atomic E-state index is 13.9. The molecule has 234 valence electrons. The zero-order valence-electron chi connectivity index (χ0n) is 23.2. The molecule has 0 fully saturated rings. The number of benzene rings is 5. The van der Waals surface area contributed by atoms with Crippen molar-refractivity contribution in [2.45, 2.75) is 9.79 Å². The molecule has 0 spiro atoms. The molecule has 0 aromatic heterocycles. The fraction of sp³-hybridized carbons (Fsp3) is 0. The van der Waals surface area contributed by atoms with Gasteiger partial charge in [0.15, 0.2) is 0 Å². The summed E-state index contributed by atoms with van der Waals surface area (Å²) in [6, 6.07) is 26.6. The fourth-order valence-corrected chi connectivity index (χ4v) is 7.63. The number of halogens is 4. The highest BCUT2D eigenvalue weighted by Gasteiger charge is 2.35. The van der Waals surface area contributed by atoms with Gasteiger partial charge in [0.2, 0.25) is 0 Å². The van der Waals surface area contributed by atoms with Crippen molar-refractivity contribution in [3.8, 4) is 0 Å². The molecule has 0 aliphatic rings. The van der Waals surface area contributed by atoms with Gasteiger partial charge in [-0.05, 0) is 121 Å². The van der Waals surface area contributed by atoms with Crippen LogP contribution in [0.3, 0.4) is 0 Å². The van der Waals surface area contributed by atoms with Gasteiger partial charge in [0, 0.05) is 31.2 Å². The lowest BCUT2D eigenvalue weighted by molar-refractivity contribution is 0.0996. The van der Waals surface area contributed by atoms with Crippen LogP contribution in [0, 0.1) is 0 Å². The number of amides is 2. The Bertz CT molecular complexity index is 1970. The first-order valence-electron chi connectivity index (χ1n) is 13.1. The zero-order valence-corrected chi connectivity index (χ0v) is 27.9. The average Bonchev–Trinajstić information content (AvgIpc) is 3.03. The van der Waals surface area contributed by atoms with E-state index < -0.39 is 31.9 Å². The van der Waals surface area contributed by atoms with Gasteiger partial charge in [0.25, 0.3) is 31.9 Å². The molecule has 0 aliphatic heterocycles. The number of sulfonamides is 2. The summed E-state index contributed by atoms with van der Waals surface area (Å²) in [5.41, 5.74) is -0.255. The normalized spacial score (nSPS) is 11.6. The highest BCUT2D eigenvalue weighted by molar-refractivity contribution is 7.94. The lowest BCUT2D eigenvalue weighted by Crippen LogP contribution is -2.38. The zero-order chi connectivity index (χ0) is 33.2. The Balaban J connectivity index is 1.64. The molecule has 0 heterocycles. The Labute approximate surface area is 285 Å². The number of carbonyl (C=O) groups excluding carboxylic acids is 2. The topological polar surface area (TPSA) is 109 Å². The third kappa shape index (κ3) is 6.92. The van der Waals surface area contributed by atoms with Crippen LogP contribution in [0.25, 0.3) is 0 Å². The number of nitrogens with zero attached hydrogens (tertiary/aromatic N) is 2. The van der Waals surface area contributed by atoms with E-state index in [-0.39, 0.29) is 42.3 Å². The van der Waals surface area contributed by atoms with Gasteiger partial charge in [0.05, 0.1) is 21.2 Å². The predicted octanol–water partition coefficient (Wildman–Crippen LogP) is 8.37. The molecule has 0 bridgehead atoms. The minimum Gasteiger partial charge on any atom is -0.268 e. The maximum Gasteiger partial charge on any atom is 0.272 e. The lowest BCUT2D eigenvalue weighted by atomic mass is 10.2. The van der Waals surface area contributed by atoms with Crippen molar-refractivity contribution >= 4 is 89.6 Å². The van der Waals surface area contributed by atoms with E-state index in [0.717, 1.165) is 0 Å². The van der Waals surface area contributed by atoms with E-state index in [1.807, 2.05) is 0 Å². The third-order valence-electron chi connectivity index (χ3n) is 6.57. The first-order valence-corrected chi connectivity index (χ1v) is 17.5. The van der Waals surface area contributed by atoms with Crippen LogP contribution >= 0.6 is 46.4 Å². The summed E-state index contributed by atoms with van der Waals surface area (Å²) in [5.74, 6) is -1.83. The molecule has 0 radical (unpaired) electrons. The Morgan fingerprint density at radius 2 is 0.630 bits per heavy atom. The van der Waals surface area contributed by atoms with Crippen LogP contribution < -0.4 is 8.61 Å². The van der Waals surface area contributed by atoms with E-state index in [0.29, 0.717) is 18.7 Å². The summed E-state index contributed by atoms with van der Waals surface area (Å²) < 4.78 is 56.7. The molecule has 14 heteroatoms. The predicted molar refractivity (Wildman–Crippen MR) is 180 cm³/mol. The Hall–Kier alpha value is -3.90. The number of anilines is 2. The highest BCUT2D eigenvalue weighted by atomic mass is 35.5. The minimum absolute atomic E-state index is 0.0101. The molecule has 0 saturated carbocycles. The van der Waals surface area contributed by atoms with E-state index in [4.69, 9.17) is 46.4 Å². The highest BCUT2D eigenvalue weighted by Crippen LogP contribution is 2.32. The van der Waals surface area contributed by atoms with Gasteiger partial charge in [-0.3, -0.25) is 9.59 Å². The largest absolute Gasteiger partial charge is 0.272 e. The molecule has 0 atom stereocenters. The monoisotopic (exact) mass is 732 g/mol. The summed E-state index contributed by atoms with van der Waals surface area (Å²) in [5, 5.41) is 1.23. The van der Waals surface area contributed by atoms with Crippen molar-refractivity contribution in [3.05, 3.63) is 153 Å². The standard InChI is InChI=1S/C32H20Cl4N2O6S2/c33-23-5-1-21(2-6-23)31(39)37(45(41,42)29-17-9-25(35)10-18-29)27-13-15-28(16-14-27)38(32(40)22-3-7-24(34)8-4-22)46(43,44)30-19-11-26(36)12-20-30/h1-20H. The van der Waals surface area contributed by atoms with Gasteiger partial charge >= 0.3 is 0 Å². The fourth-order valence-electron chi connectivity index (χ4n) is 4.30. The molecule has 8 nitrogen and oxygen atoms in total. The molecule has 5 rings (SSSR count). The number of rotatable bonds is 8. The van der Waals surface area contributed by atoms with Crippen molar-refractivity contribution < 1.29 is 26.4 Å². The van der Waals surface area contributed by atoms with Crippen molar-refractivity contribution in [2.75, 3.05) is 8.61 Å². The first-order chi connectivity index (χ1) is 21.8. The van der Waals surface area contributed by atoms with Crippen molar-refractivity contribution in [1.29, 1.82) is 0 Å². The molecular weight excluding hydrogens is 714 g/mol. The van der Waals surface area contributed by atoms with Crippen molar-refractivity contribution in [1.82, 2.24) is 0 Å². The van der Waals surface area contributed by atoms with E-state index in [1.54, 1.807) is 0 Å². The van der Waals surface area contributed by atoms with Crippen LogP contribution in [0.2, 0.25) is 20.1 Å². The van der Waals surface area contributed by atoms with E-state index in [1.165, 1.54) is 121 Å². The smallest absolute Gasteiger partial charge is 0.268 e. The summed E-state index contributed by atoms with van der Waals surface area (Å²) in [4.78, 5) is 27.0. The second kappa shape index (κ2) is 13.4. The van der Waals surface area contributed by atoms with Gasteiger partial charge in [-0.2, -0.15) is 8.61 Å². The minimum atomic E-state index is -4.53. The second-order valence-electron chi connectivity index (χ2n) is 9.59. The summed E-state index contributed by atoms with van der Waals surface area (Å²) in [6.45, 7) is 0. The quantitative estimate of drug-likeness (QED) is 0.159. The third-order valence-corrected chi connectivity index (χ3v) is 11.0. The Morgan fingerprint density at radius 3 is 0.891 bits per heavy atom. The maximum absolute atomic E-state index is 13.9. The average molecular weight is 734 g/mol. The second-order valence-corrected chi connectivity index (χ2v) is 14.9. The molecule has 0 unspecified atom stereocenters. The van der Waals surface area contributed by atoms with Gasteiger partial charge in [0.1, 0.15) is 0 Å². The van der Waals surface area contributed by atoms with Gasteiger partial charge in [-0.25, -0.2) is 16.8 Å². The molecule has 46 heavy (non-hydrogen) atoms. The van der Waals surface area contributed by atoms with Crippen LogP contribution in [0.15, 0.2) is 131 Å². The SMILES string of the molecule is O=C(c1ccc(Cl)cc1)N(c1ccc(N(C(=O)c2ccc(Cl)cc2)S(=O)(=O)c2ccc(Cl)cc2)cc1)S(=O)(=O)c1ccc(Cl)cc1. The van der Waals surface area contributed by atoms with Crippen molar-refractivity contribution in [3.63, 3.8) is 0 Å². The van der Waals surface area contributed by atoms with E-state index >= 15 is 0 Å². The van der Waals surface area contributed by atoms with E-state index in [9.17, 15) is 26.4 Å². The molecule has 0 N–H and O–H groups in total. The number of hydrogen-bond donors (Lipinski definition) is 0. The first kappa shape index (κ1) is 33.5. The van der Waals surface area contributed by atoms with Gasteiger partial charge in [-0.1, -0.05) is 46.4 Å². The summed E-state index contributed by atoms with van der Waals surface area (Å²) in [7, 11) is -9.06. The van der Waals surface area contributed by atoms with Crippen LogP contribution in [-0.2, 0) is 20.0 Å². The van der Waals surface area contributed by atoms with Crippen LogP contribution in [0.4, 0.5) is 11.4 Å². The van der Waals surface area contributed by atoms with Crippen LogP contribution in [0.1, 0.15) is 20.7 Å². The Morgan fingerprint density at radius 1 is 0.391 bits per heavy atom. The van der Waals surface area contributed by atoms with Crippen LogP contribution in [0.5, 0.6) is 0 Å². The molecule has 0 aliphatic carbocycles. The van der Waals surface area contributed by atoms with Crippen LogP contribution in [-0.4, -0.2) is 28.6 Å². The molecule has 5 aromatic rings. The number of hydrogen-bond acceptors (Lipinski definition) is 6. The van der Waals surface area contributed by atoms with Crippen molar-refractivity contribution in [2.24, 2.45) is 0 Å². The summed E-state index contributed by atoms with van der Waals surface area (Å²) in [6.07, 6.45) is 0. The van der Waals surface area contributed by atoms with Gasteiger partial charge in [-0.15, -0.1) is 0 Å². The van der Waals surface area contributed by atoms with Gasteiger partial charge < -0.3 is 0 Å². The Kier molecular flexibility index (Phi) is 9.78. The summed E-state index contributed by atoms with van der Waals surface area (Å²) >= 11 is 23.9.